The number of hydrogen-bond donors (Lipinski definition) is 0. The molecule has 1 aliphatic heterocycles. The number of carbonyl (C=O) groups excluding carboxylic acids is 2. The third kappa shape index (κ3) is 6.79. The van der Waals surface area contributed by atoms with Gasteiger partial charge in [0.2, 0.25) is 5.88 Å². The first-order valence-electron chi connectivity index (χ1n) is 9.15. The van der Waals surface area contributed by atoms with E-state index in [-0.39, 0.29) is 17.4 Å². The number of aromatic nitrogens is 1. The van der Waals surface area contributed by atoms with Crippen molar-refractivity contribution in [2.45, 2.75) is 51.3 Å². The maximum absolute atomic E-state index is 12.6. The van der Waals surface area contributed by atoms with Crippen LogP contribution in [0.25, 0.3) is 0 Å². The van der Waals surface area contributed by atoms with Gasteiger partial charge in [0.15, 0.2) is 6.61 Å². The smallest absolute Gasteiger partial charge is 0.422 e. The summed E-state index contributed by atoms with van der Waals surface area (Å²) in [5, 5.41) is 0. The number of rotatable bonds is 4. The second kappa shape index (κ2) is 8.87. The molecule has 10 heteroatoms. The summed E-state index contributed by atoms with van der Waals surface area (Å²) in [4.78, 5) is 29.4. The number of nitrogens with zero attached hydrogens (tertiary/aromatic N) is 2. The first-order chi connectivity index (χ1) is 13.4. The summed E-state index contributed by atoms with van der Waals surface area (Å²) in [6, 6.07) is 1.44. The van der Waals surface area contributed by atoms with Gasteiger partial charge in [-0.15, -0.1) is 0 Å². The number of ether oxygens (including phenoxy) is 3. The van der Waals surface area contributed by atoms with E-state index < -0.39 is 30.4 Å². The van der Waals surface area contributed by atoms with Crippen LogP contribution in [0.5, 0.6) is 5.88 Å². The zero-order valence-electron chi connectivity index (χ0n) is 16.8. The van der Waals surface area contributed by atoms with Crippen molar-refractivity contribution in [2.75, 3.05) is 26.8 Å². The highest BCUT2D eigenvalue weighted by Gasteiger charge is 2.32. The van der Waals surface area contributed by atoms with E-state index in [2.05, 4.69) is 9.72 Å². The molecule has 1 fully saturated rings. The van der Waals surface area contributed by atoms with Crippen LogP contribution in [0.15, 0.2) is 12.3 Å². The van der Waals surface area contributed by atoms with Gasteiger partial charge >= 0.3 is 18.2 Å². The van der Waals surface area contributed by atoms with Gasteiger partial charge in [-0.3, -0.25) is 0 Å². The number of amides is 1. The average Bonchev–Trinajstić information content (AvgIpc) is 2.63. The summed E-state index contributed by atoms with van der Waals surface area (Å²) in [5.74, 6) is -1.05. The minimum Gasteiger partial charge on any atom is -0.468 e. The molecule has 0 spiro atoms. The number of halogens is 3. The van der Waals surface area contributed by atoms with Gasteiger partial charge < -0.3 is 19.1 Å². The van der Waals surface area contributed by atoms with Crippen LogP contribution in [-0.4, -0.2) is 60.5 Å². The molecular weight excluding hydrogens is 393 g/mol. The Morgan fingerprint density at radius 3 is 2.34 bits per heavy atom. The van der Waals surface area contributed by atoms with E-state index >= 15 is 0 Å². The molecule has 0 unspecified atom stereocenters. The van der Waals surface area contributed by atoms with Crippen molar-refractivity contribution >= 4 is 12.1 Å². The van der Waals surface area contributed by atoms with E-state index in [9.17, 15) is 22.8 Å². The molecule has 2 heterocycles. The van der Waals surface area contributed by atoms with Crippen molar-refractivity contribution in [1.29, 1.82) is 0 Å². The molecule has 1 aliphatic rings. The monoisotopic (exact) mass is 418 g/mol. The Labute approximate surface area is 167 Å². The molecule has 0 aromatic carbocycles. The van der Waals surface area contributed by atoms with Gasteiger partial charge in [-0.05, 0) is 45.6 Å². The van der Waals surface area contributed by atoms with Crippen molar-refractivity contribution in [3.05, 3.63) is 23.4 Å². The normalized spacial score (nSPS) is 15.8. The van der Waals surface area contributed by atoms with E-state index in [1.165, 1.54) is 13.2 Å². The van der Waals surface area contributed by atoms with Crippen molar-refractivity contribution in [3.8, 4) is 5.88 Å². The van der Waals surface area contributed by atoms with E-state index in [1.54, 1.807) is 25.7 Å². The first-order valence-corrected chi connectivity index (χ1v) is 9.15. The highest BCUT2D eigenvalue weighted by molar-refractivity contribution is 5.89. The molecule has 29 heavy (non-hydrogen) atoms. The lowest BCUT2D eigenvalue weighted by Gasteiger charge is -2.34. The van der Waals surface area contributed by atoms with Crippen molar-refractivity contribution in [2.24, 2.45) is 0 Å². The number of esters is 1. The number of hydrogen-bond acceptors (Lipinski definition) is 6. The lowest BCUT2D eigenvalue weighted by atomic mass is 9.89. The van der Waals surface area contributed by atoms with Crippen molar-refractivity contribution in [1.82, 2.24) is 9.88 Å². The van der Waals surface area contributed by atoms with Gasteiger partial charge in [0.1, 0.15) is 5.60 Å². The van der Waals surface area contributed by atoms with Gasteiger partial charge in [-0.2, -0.15) is 13.2 Å². The summed E-state index contributed by atoms with van der Waals surface area (Å²) in [6.45, 7) is 4.55. The molecule has 0 aliphatic carbocycles. The first kappa shape index (κ1) is 22.8. The average molecular weight is 418 g/mol. The minimum absolute atomic E-state index is 0.122. The lowest BCUT2D eigenvalue weighted by molar-refractivity contribution is -0.154. The Balaban J connectivity index is 2.17. The summed E-state index contributed by atoms with van der Waals surface area (Å²) >= 11 is 0. The molecule has 1 amide bonds. The SMILES string of the molecule is COC(=O)c1cnc(OCC(F)(F)F)c(C2CCN(C(=O)OC(C)(C)C)CC2)c1. The Morgan fingerprint density at radius 1 is 1.21 bits per heavy atom. The van der Waals surface area contributed by atoms with E-state index in [0.29, 0.717) is 31.5 Å². The quantitative estimate of drug-likeness (QED) is 0.690. The van der Waals surface area contributed by atoms with E-state index in [1.807, 2.05) is 0 Å². The summed E-state index contributed by atoms with van der Waals surface area (Å²) in [7, 11) is 1.20. The van der Waals surface area contributed by atoms with Crippen LogP contribution in [0.1, 0.15) is 55.5 Å². The Morgan fingerprint density at radius 2 is 1.83 bits per heavy atom. The number of carbonyl (C=O) groups is 2. The molecule has 0 bridgehead atoms. The maximum Gasteiger partial charge on any atom is 0.422 e. The number of alkyl halides is 3. The number of methoxy groups -OCH3 is 1. The van der Waals surface area contributed by atoms with Crippen LogP contribution in [0.2, 0.25) is 0 Å². The van der Waals surface area contributed by atoms with Crippen LogP contribution in [0, 0.1) is 0 Å². The Kier molecular flexibility index (Phi) is 6.97. The molecule has 0 N–H and O–H groups in total. The van der Waals surface area contributed by atoms with Gasteiger partial charge in [0, 0.05) is 24.8 Å². The molecule has 1 saturated heterocycles. The summed E-state index contributed by atoms with van der Waals surface area (Å²) in [6.07, 6.45) is -2.90. The van der Waals surface area contributed by atoms with Crippen LogP contribution in [0.4, 0.5) is 18.0 Å². The van der Waals surface area contributed by atoms with E-state index in [4.69, 9.17) is 9.47 Å². The van der Waals surface area contributed by atoms with Crippen LogP contribution >= 0.6 is 0 Å². The molecule has 1 aromatic heterocycles. The molecular formula is C19H25F3N2O5. The highest BCUT2D eigenvalue weighted by Crippen LogP contribution is 2.35. The fraction of sp³-hybridized carbons (Fsp3) is 0.632. The number of pyridine rings is 1. The molecule has 0 radical (unpaired) electrons. The molecule has 162 valence electrons. The van der Waals surface area contributed by atoms with Crippen molar-refractivity contribution in [3.63, 3.8) is 0 Å². The zero-order chi connectivity index (χ0) is 21.8. The highest BCUT2D eigenvalue weighted by atomic mass is 19.4. The van der Waals surface area contributed by atoms with E-state index in [0.717, 1.165) is 6.20 Å². The number of likely N-dealkylation sites (tertiary alicyclic amines) is 1. The van der Waals surface area contributed by atoms with Gasteiger partial charge in [0.05, 0.1) is 12.7 Å². The van der Waals surface area contributed by atoms with Crippen LogP contribution < -0.4 is 4.74 Å². The second-order valence-corrected chi connectivity index (χ2v) is 7.76. The van der Waals surface area contributed by atoms with Crippen LogP contribution in [0.3, 0.4) is 0 Å². The van der Waals surface area contributed by atoms with Gasteiger partial charge in [-0.25, -0.2) is 14.6 Å². The third-order valence-electron chi connectivity index (χ3n) is 4.26. The minimum atomic E-state index is -4.51. The van der Waals surface area contributed by atoms with Gasteiger partial charge in [-0.1, -0.05) is 0 Å². The summed E-state index contributed by atoms with van der Waals surface area (Å²) < 4.78 is 52.6. The lowest BCUT2D eigenvalue weighted by Crippen LogP contribution is -2.41. The Bertz CT molecular complexity index is 738. The fourth-order valence-corrected chi connectivity index (χ4v) is 2.96. The molecule has 2 rings (SSSR count). The molecule has 1 aromatic rings. The second-order valence-electron chi connectivity index (χ2n) is 7.76. The predicted molar refractivity (Wildman–Crippen MR) is 96.9 cm³/mol. The standard InChI is InChI=1S/C19H25F3N2O5/c1-18(2,3)29-17(26)24-7-5-12(6-8-24)14-9-13(16(25)27-4)10-23-15(14)28-11-19(20,21)22/h9-10,12H,5-8,11H2,1-4H3. The molecule has 0 saturated carbocycles. The zero-order valence-corrected chi connectivity index (χ0v) is 16.8. The van der Waals surface area contributed by atoms with Crippen molar-refractivity contribution < 1.29 is 37.0 Å². The summed E-state index contributed by atoms with van der Waals surface area (Å²) in [5.41, 5.74) is -0.108. The van der Waals surface area contributed by atoms with Crippen LogP contribution in [-0.2, 0) is 9.47 Å². The third-order valence-corrected chi connectivity index (χ3v) is 4.26. The van der Waals surface area contributed by atoms with Gasteiger partial charge in [0.25, 0.3) is 0 Å². The largest absolute Gasteiger partial charge is 0.468 e. The number of piperidine rings is 1. The molecule has 0 atom stereocenters. The Hall–Kier alpha value is -2.52. The fourth-order valence-electron chi connectivity index (χ4n) is 2.96. The molecule has 7 nitrogen and oxygen atoms in total. The predicted octanol–water partition coefficient (Wildman–Crippen LogP) is 3.92. The topological polar surface area (TPSA) is 78.0 Å². The maximum atomic E-state index is 12.6.